The van der Waals surface area contributed by atoms with E-state index in [0.29, 0.717) is 35.4 Å². The minimum absolute atomic E-state index is 0.0202. The van der Waals surface area contributed by atoms with E-state index in [1.807, 2.05) is 26.0 Å². The number of oxazole rings is 1. The number of amides is 1. The number of benzene rings is 1. The van der Waals surface area contributed by atoms with Crippen molar-refractivity contribution < 1.29 is 14.3 Å². The van der Waals surface area contributed by atoms with Gasteiger partial charge in [-0.25, -0.2) is 4.98 Å². The first-order chi connectivity index (χ1) is 16.5. The van der Waals surface area contributed by atoms with E-state index in [1.165, 1.54) is 6.20 Å². The van der Waals surface area contributed by atoms with E-state index in [0.717, 1.165) is 31.7 Å². The predicted octanol–water partition coefficient (Wildman–Crippen LogP) is 2.49. The van der Waals surface area contributed by atoms with Gasteiger partial charge in [-0.2, -0.15) is 15.0 Å². The topological polar surface area (TPSA) is 133 Å². The molecule has 4 rings (SSSR count). The van der Waals surface area contributed by atoms with Crippen LogP contribution in [0.3, 0.4) is 0 Å². The Morgan fingerprint density at radius 3 is 2.71 bits per heavy atom. The quantitative estimate of drug-likeness (QED) is 0.436. The van der Waals surface area contributed by atoms with Gasteiger partial charge >= 0.3 is 6.01 Å². The molecule has 1 aliphatic rings. The molecule has 3 aromatic rings. The van der Waals surface area contributed by atoms with E-state index < -0.39 is 5.91 Å². The summed E-state index contributed by atoms with van der Waals surface area (Å²) in [7, 11) is 0. The normalized spacial score (nSPS) is 14.3. The van der Waals surface area contributed by atoms with Crippen LogP contribution in [0.2, 0.25) is 5.02 Å². The molecular formula is C22H27ClN8O3. The molecule has 0 unspecified atom stereocenters. The van der Waals surface area contributed by atoms with Gasteiger partial charge in [-0.15, -0.1) is 0 Å². The van der Waals surface area contributed by atoms with Gasteiger partial charge in [-0.3, -0.25) is 15.0 Å². The average molecular weight is 487 g/mol. The number of nitrogens with one attached hydrogen (secondary N) is 2. The number of hydrogen-bond donors (Lipinski definition) is 3. The number of aromatic nitrogens is 4. The maximum atomic E-state index is 12.6. The number of nitrogens with zero attached hydrogens (tertiary/aromatic N) is 6. The van der Waals surface area contributed by atoms with Crippen LogP contribution in [-0.2, 0) is 6.42 Å². The molecule has 1 aliphatic heterocycles. The van der Waals surface area contributed by atoms with Crippen molar-refractivity contribution in [3.8, 4) is 0 Å². The summed E-state index contributed by atoms with van der Waals surface area (Å²) in [5.74, 6) is 1.03. The molecule has 0 bridgehead atoms. The summed E-state index contributed by atoms with van der Waals surface area (Å²) >= 11 is 6.19. The number of rotatable bonds is 8. The van der Waals surface area contributed by atoms with Gasteiger partial charge < -0.3 is 19.7 Å². The highest BCUT2D eigenvalue weighted by molar-refractivity contribution is 6.34. The molecule has 1 fully saturated rings. The summed E-state index contributed by atoms with van der Waals surface area (Å²) in [6.45, 7) is 7.76. The number of hydrogen-bond acceptors (Lipinski definition) is 10. The lowest BCUT2D eigenvalue weighted by molar-refractivity contribution is 0.0997. The fraction of sp³-hybridized carbons (Fsp3) is 0.409. The van der Waals surface area contributed by atoms with E-state index in [4.69, 9.17) is 21.1 Å². The van der Waals surface area contributed by atoms with Crippen LogP contribution in [0.4, 0.5) is 23.6 Å². The van der Waals surface area contributed by atoms with Crippen molar-refractivity contribution in [2.75, 3.05) is 54.9 Å². The number of carbonyl (C=O) groups excluding carboxylic acids is 1. The van der Waals surface area contributed by atoms with E-state index in [9.17, 15) is 4.79 Å². The molecule has 1 amide bonds. The molecule has 0 atom stereocenters. The van der Waals surface area contributed by atoms with E-state index in [-0.39, 0.29) is 24.3 Å². The molecule has 11 nitrogen and oxygen atoms in total. The molecule has 0 saturated carbocycles. The second-order valence-electron chi connectivity index (χ2n) is 7.82. The molecule has 3 N–H and O–H groups in total. The fourth-order valence-corrected chi connectivity index (χ4v) is 3.84. The number of aliphatic hydroxyl groups is 1. The van der Waals surface area contributed by atoms with Crippen molar-refractivity contribution in [2.24, 2.45) is 0 Å². The summed E-state index contributed by atoms with van der Waals surface area (Å²) in [6.07, 6.45) is 1.96. The van der Waals surface area contributed by atoms with Crippen LogP contribution in [0.25, 0.3) is 0 Å². The number of piperazine rings is 1. The Labute approximate surface area is 202 Å². The molecule has 0 radical (unpaired) electrons. The zero-order valence-corrected chi connectivity index (χ0v) is 19.8. The van der Waals surface area contributed by atoms with Crippen LogP contribution >= 0.6 is 11.6 Å². The second kappa shape index (κ2) is 10.8. The number of aliphatic hydroxyl groups excluding tert-OH is 1. The van der Waals surface area contributed by atoms with Crippen molar-refractivity contribution in [2.45, 2.75) is 20.3 Å². The molecule has 34 heavy (non-hydrogen) atoms. The number of halogens is 1. The number of anilines is 4. The summed E-state index contributed by atoms with van der Waals surface area (Å²) in [4.78, 5) is 34.5. The molecule has 1 aromatic carbocycles. The Hall–Kier alpha value is -3.28. The summed E-state index contributed by atoms with van der Waals surface area (Å²) in [5.41, 5.74) is 1.36. The van der Waals surface area contributed by atoms with Gasteiger partial charge in [0, 0.05) is 39.1 Å². The third-order valence-corrected chi connectivity index (χ3v) is 5.78. The van der Waals surface area contributed by atoms with Gasteiger partial charge in [0.2, 0.25) is 17.7 Å². The lowest BCUT2D eigenvalue weighted by Crippen LogP contribution is -2.47. The summed E-state index contributed by atoms with van der Waals surface area (Å²) in [5, 5.41) is 15.3. The Balaban J connectivity index is 1.46. The Kier molecular flexibility index (Phi) is 7.56. The second-order valence-corrected chi connectivity index (χ2v) is 8.23. The summed E-state index contributed by atoms with van der Waals surface area (Å²) in [6, 6.07) is 5.46. The highest BCUT2D eigenvalue weighted by atomic mass is 35.5. The SMILES string of the molecule is CCc1nc(Nc2ncc(C(=O)Nc3c(C)cccc3Cl)o2)nc(N2CCN(CCO)CC2)n1. The molecule has 2 aromatic heterocycles. The van der Waals surface area contributed by atoms with Crippen LogP contribution in [0.1, 0.15) is 28.9 Å². The van der Waals surface area contributed by atoms with Crippen molar-refractivity contribution in [1.82, 2.24) is 24.8 Å². The van der Waals surface area contributed by atoms with Gasteiger partial charge in [0.15, 0.2) is 0 Å². The largest absolute Gasteiger partial charge is 0.418 e. The number of carbonyl (C=O) groups is 1. The van der Waals surface area contributed by atoms with E-state index >= 15 is 0 Å². The monoisotopic (exact) mass is 486 g/mol. The molecule has 12 heteroatoms. The fourth-order valence-electron chi connectivity index (χ4n) is 3.57. The lowest BCUT2D eigenvalue weighted by Gasteiger charge is -2.34. The predicted molar refractivity (Wildman–Crippen MR) is 129 cm³/mol. The maximum absolute atomic E-state index is 12.6. The molecular weight excluding hydrogens is 460 g/mol. The van der Waals surface area contributed by atoms with Gasteiger partial charge in [0.1, 0.15) is 5.82 Å². The minimum atomic E-state index is -0.469. The molecule has 1 saturated heterocycles. The molecule has 0 spiro atoms. The van der Waals surface area contributed by atoms with Crippen LogP contribution in [0, 0.1) is 6.92 Å². The Morgan fingerprint density at radius 1 is 1.21 bits per heavy atom. The highest BCUT2D eigenvalue weighted by Crippen LogP contribution is 2.26. The van der Waals surface area contributed by atoms with Crippen LogP contribution in [0.15, 0.2) is 28.8 Å². The molecule has 0 aliphatic carbocycles. The third kappa shape index (κ3) is 5.61. The van der Waals surface area contributed by atoms with E-state index in [2.05, 4.69) is 40.4 Å². The number of β-amino-alcohol motifs (C(OH)–C–C–N with tert-alkyl or cyclic N) is 1. The Bertz CT molecular complexity index is 1130. The van der Waals surface area contributed by atoms with Gasteiger partial charge in [0.05, 0.1) is 23.5 Å². The average Bonchev–Trinajstić information content (AvgIpc) is 3.30. The van der Waals surface area contributed by atoms with Crippen molar-refractivity contribution >= 4 is 41.1 Å². The Morgan fingerprint density at radius 2 is 2.00 bits per heavy atom. The van der Waals surface area contributed by atoms with Gasteiger partial charge in [-0.1, -0.05) is 30.7 Å². The number of para-hydroxylation sites is 1. The van der Waals surface area contributed by atoms with Gasteiger partial charge in [-0.05, 0) is 18.6 Å². The third-order valence-electron chi connectivity index (χ3n) is 5.47. The van der Waals surface area contributed by atoms with Crippen LogP contribution in [-0.4, -0.2) is 75.2 Å². The molecule has 3 heterocycles. The maximum Gasteiger partial charge on any atom is 0.302 e. The zero-order chi connectivity index (χ0) is 24.1. The molecule has 180 valence electrons. The smallest absolute Gasteiger partial charge is 0.302 e. The lowest BCUT2D eigenvalue weighted by atomic mass is 10.2. The van der Waals surface area contributed by atoms with E-state index in [1.54, 1.807) is 6.07 Å². The highest BCUT2D eigenvalue weighted by Gasteiger charge is 2.21. The van der Waals surface area contributed by atoms with Crippen molar-refractivity contribution in [1.29, 1.82) is 0 Å². The minimum Gasteiger partial charge on any atom is -0.418 e. The van der Waals surface area contributed by atoms with Crippen LogP contribution < -0.4 is 15.5 Å². The van der Waals surface area contributed by atoms with Crippen molar-refractivity contribution in [3.63, 3.8) is 0 Å². The standard InChI is InChI=1S/C22H27ClN8O3/c1-3-17-25-20(28-21(26-17)31-9-7-30(8-10-31)11-12-32)29-22-24-13-16(34-22)19(33)27-18-14(2)5-4-6-15(18)23/h4-6,13,32H,3,7-12H2,1-2H3,(H,27,33)(H,24,25,26,28,29). The van der Waals surface area contributed by atoms with Gasteiger partial charge in [0.25, 0.3) is 5.91 Å². The first kappa shape index (κ1) is 23.9. The first-order valence-electron chi connectivity index (χ1n) is 11.1. The number of aryl methyl sites for hydroxylation is 2. The zero-order valence-electron chi connectivity index (χ0n) is 19.1. The van der Waals surface area contributed by atoms with Crippen molar-refractivity contribution in [3.05, 3.63) is 46.6 Å². The summed E-state index contributed by atoms with van der Waals surface area (Å²) < 4.78 is 5.58. The first-order valence-corrected chi connectivity index (χ1v) is 11.5. The van der Waals surface area contributed by atoms with Crippen LogP contribution in [0.5, 0.6) is 0 Å².